The van der Waals surface area contributed by atoms with Crippen molar-refractivity contribution in [3.05, 3.63) is 71.4 Å². The number of carbonyl (C=O) groups is 1. The molecule has 1 aromatic heterocycles. The lowest BCUT2D eigenvalue weighted by molar-refractivity contribution is 0.111. The Morgan fingerprint density at radius 3 is 2.48 bits per heavy atom. The van der Waals surface area contributed by atoms with Crippen molar-refractivity contribution >= 4 is 17.2 Å². The highest BCUT2D eigenvalue weighted by Crippen LogP contribution is 2.20. The highest BCUT2D eigenvalue weighted by atomic mass is 16.5. The summed E-state index contributed by atoms with van der Waals surface area (Å²) in [4.78, 5) is 11.3. The molecule has 0 fully saturated rings. The van der Waals surface area contributed by atoms with E-state index in [1.54, 1.807) is 7.11 Å². The summed E-state index contributed by atoms with van der Waals surface area (Å²) in [5.74, 6) is 0. The van der Waals surface area contributed by atoms with Gasteiger partial charge in [-0.2, -0.15) is 0 Å². The Morgan fingerprint density at radius 2 is 1.76 bits per heavy atom. The summed E-state index contributed by atoms with van der Waals surface area (Å²) >= 11 is 0. The molecule has 0 N–H and O–H groups in total. The van der Waals surface area contributed by atoms with Gasteiger partial charge in [-0.15, -0.1) is 0 Å². The molecule has 3 heteroatoms. The molecular weight excluding hydrogens is 262 g/mol. The van der Waals surface area contributed by atoms with E-state index < -0.39 is 0 Å². The van der Waals surface area contributed by atoms with Crippen molar-refractivity contribution in [2.24, 2.45) is 0 Å². The first-order valence-electron chi connectivity index (χ1n) is 6.92. The first-order valence-corrected chi connectivity index (χ1v) is 6.92. The van der Waals surface area contributed by atoms with Gasteiger partial charge in [-0.05, 0) is 23.3 Å². The van der Waals surface area contributed by atoms with Gasteiger partial charge in [0, 0.05) is 24.6 Å². The van der Waals surface area contributed by atoms with Crippen LogP contribution < -0.4 is 0 Å². The first-order chi connectivity index (χ1) is 10.3. The van der Waals surface area contributed by atoms with Gasteiger partial charge in [-0.3, -0.25) is 4.79 Å². The second kappa shape index (κ2) is 5.94. The lowest BCUT2D eigenvalue weighted by Gasteiger charge is -2.09. The van der Waals surface area contributed by atoms with E-state index in [0.29, 0.717) is 18.8 Å². The minimum Gasteiger partial charge on any atom is -0.380 e. The third kappa shape index (κ3) is 2.73. The van der Waals surface area contributed by atoms with Gasteiger partial charge in [0.15, 0.2) is 6.29 Å². The van der Waals surface area contributed by atoms with Gasteiger partial charge in [0.25, 0.3) is 0 Å². The van der Waals surface area contributed by atoms with Crippen LogP contribution in [0.5, 0.6) is 0 Å². The molecule has 3 nitrogen and oxygen atoms in total. The molecule has 3 rings (SSSR count). The van der Waals surface area contributed by atoms with Gasteiger partial charge < -0.3 is 9.30 Å². The number of aldehydes is 1. The molecule has 0 aliphatic rings. The fourth-order valence-electron chi connectivity index (χ4n) is 2.60. The normalized spacial score (nSPS) is 10.9. The van der Waals surface area contributed by atoms with Gasteiger partial charge >= 0.3 is 0 Å². The maximum atomic E-state index is 11.3. The van der Waals surface area contributed by atoms with Gasteiger partial charge in [0.2, 0.25) is 0 Å². The summed E-state index contributed by atoms with van der Waals surface area (Å²) in [5, 5.41) is 1.09. The van der Waals surface area contributed by atoms with E-state index in [1.165, 1.54) is 5.56 Å². The molecule has 0 aliphatic carbocycles. The minimum atomic E-state index is 0.617. The minimum absolute atomic E-state index is 0.617. The van der Waals surface area contributed by atoms with E-state index in [1.807, 2.05) is 34.9 Å². The predicted molar refractivity (Wildman–Crippen MR) is 83.6 cm³/mol. The monoisotopic (exact) mass is 279 g/mol. The molecule has 0 saturated heterocycles. The lowest BCUT2D eigenvalue weighted by Crippen LogP contribution is -2.03. The van der Waals surface area contributed by atoms with Crippen molar-refractivity contribution in [1.82, 2.24) is 4.57 Å². The number of nitrogens with zero attached hydrogens (tertiary/aromatic N) is 1. The Labute approximate surface area is 123 Å². The Hall–Kier alpha value is -2.39. The van der Waals surface area contributed by atoms with E-state index in [9.17, 15) is 4.79 Å². The second-order valence-corrected chi connectivity index (χ2v) is 5.08. The quantitative estimate of drug-likeness (QED) is 0.668. The summed E-state index contributed by atoms with van der Waals surface area (Å²) in [6.07, 6.45) is 0.916. The molecule has 1 heterocycles. The zero-order valence-corrected chi connectivity index (χ0v) is 12.0. The molecule has 21 heavy (non-hydrogen) atoms. The van der Waals surface area contributed by atoms with E-state index in [-0.39, 0.29) is 0 Å². The second-order valence-electron chi connectivity index (χ2n) is 5.08. The number of methoxy groups -OCH3 is 1. The number of para-hydroxylation sites is 1. The van der Waals surface area contributed by atoms with Crippen LogP contribution in [0.2, 0.25) is 0 Å². The summed E-state index contributed by atoms with van der Waals surface area (Å²) in [7, 11) is 1.69. The highest BCUT2D eigenvalue weighted by molar-refractivity contribution is 5.89. The van der Waals surface area contributed by atoms with Crippen molar-refractivity contribution in [2.75, 3.05) is 7.11 Å². The molecule has 0 bridgehead atoms. The third-order valence-electron chi connectivity index (χ3n) is 3.64. The number of ether oxygens (including phenoxy) is 1. The van der Waals surface area contributed by atoms with E-state index in [4.69, 9.17) is 4.74 Å². The highest BCUT2D eigenvalue weighted by Gasteiger charge is 2.08. The van der Waals surface area contributed by atoms with E-state index >= 15 is 0 Å². The first kappa shape index (κ1) is 13.6. The van der Waals surface area contributed by atoms with Crippen molar-refractivity contribution in [3.8, 4) is 0 Å². The Kier molecular flexibility index (Phi) is 3.84. The van der Waals surface area contributed by atoms with Crippen LogP contribution in [0.3, 0.4) is 0 Å². The van der Waals surface area contributed by atoms with Crippen molar-refractivity contribution in [3.63, 3.8) is 0 Å². The maximum absolute atomic E-state index is 11.3. The van der Waals surface area contributed by atoms with Crippen LogP contribution >= 0.6 is 0 Å². The SMILES string of the molecule is COCc1ccc(Cn2c(C=O)cc3ccccc32)cc1. The average Bonchev–Trinajstić information content (AvgIpc) is 2.87. The molecule has 0 atom stereocenters. The number of carbonyl (C=O) groups excluding carboxylic acids is 1. The van der Waals surface area contributed by atoms with Crippen LogP contribution in [-0.2, 0) is 17.9 Å². The van der Waals surface area contributed by atoms with Crippen LogP contribution in [0.15, 0.2) is 54.6 Å². The summed E-state index contributed by atoms with van der Waals surface area (Å²) in [5.41, 5.74) is 4.10. The molecule has 2 aromatic carbocycles. The number of hydrogen-bond donors (Lipinski definition) is 0. The predicted octanol–water partition coefficient (Wildman–Crippen LogP) is 3.65. The fourth-order valence-corrected chi connectivity index (χ4v) is 2.60. The third-order valence-corrected chi connectivity index (χ3v) is 3.64. The van der Waals surface area contributed by atoms with Crippen molar-refractivity contribution in [1.29, 1.82) is 0 Å². The van der Waals surface area contributed by atoms with Gasteiger partial charge in [0.1, 0.15) is 0 Å². The smallest absolute Gasteiger partial charge is 0.166 e. The Bertz CT molecular complexity index is 756. The topological polar surface area (TPSA) is 31.2 Å². The maximum Gasteiger partial charge on any atom is 0.166 e. The van der Waals surface area contributed by atoms with Crippen LogP contribution in [0.1, 0.15) is 21.6 Å². The molecule has 0 radical (unpaired) electrons. The molecule has 0 amide bonds. The van der Waals surface area contributed by atoms with Crippen molar-refractivity contribution < 1.29 is 9.53 Å². The Morgan fingerprint density at radius 1 is 1.05 bits per heavy atom. The number of hydrogen-bond acceptors (Lipinski definition) is 2. The largest absolute Gasteiger partial charge is 0.380 e. The zero-order valence-electron chi connectivity index (χ0n) is 12.0. The van der Waals surface area contributed by atoms with Crippen LogP contribution in [-0.4, -0.2) is 18.0 Å². The molecule has 0 saturated carbocycles. The van der Waals surface area contributed by atoms with Crippen LogP contribution in [0, 0.1) is 0 Å². The molecule has 0 aliphatic heterocycles. The van der Waals surface area contributed by atoms with Gasteiger partial charge in [-0.25, -0.2) is 0 Å². The van der Waals surface area contributed by atoms with Crippen LogP contribution in [0.25, 0.3) is 10.9 Å². The van der Waals surface area contributed by atoms with Crippen LogP contribution in [0.4, 0.5) is 0 Å². The Balaban J connectivity index is 1.95. The summed E-state index contributed by atoms with van der Waals surface area (Å²) in [6.45, 7) is 1.31. The molecule has 3 aromatic rings. The standard InChI is InChI=1S/C18H17NO2/c1-21-13-15-8-6-14(7-9-15)11-19-17(12-20)10-16-4-2-3-5-18(16)19/h2-10,12H,11,13H2,1H3. The average molecular weight is 279 g/mol. The van der Waals surface area contributed by atoms with E-state index in [0.717, 1.165) is 22.8 Å². The molecule has 0 spiro atoms. The van der Waals surface area contributed by atoms with Gasteiger partial charge in [0.05, 0.1) is 12.3 Å². The molecule has 0 unspecified atom stereocenters. The molecule has 106 valence electrons. The van der Waals surface area contributed by atoms with Gasteiger partial charge in [-0.1, -0.05) is 42.5 Å². The van der Waals surface area contributed by atoms with E-state index in [2.05, 4.69) is 24.3 Å². The fraction of sp³-hybridized carbons (Fsp3) is 0.167. The summed E-state index contributed by atoms with van der Waals surface area (Å²) in [6, 6.07) is 18.3. The number of fused-ring (bicyclic) bond motifs is 1. The number of aromatic nitrogens is 1. The van der Waals surface area contributed by atoms with Crippen molar-refractivity contribution in [2.45, 2.75) is 13.2 Å². The number of benzene rings is 2. The molecular formula is C18H17NO2. The lowest BCUT2D eigenvalue weighted by atomic mass is 10.1. The number of rotatable bonds is 5. The zero-order chi connectivity index (χ0) is 14.7. The summed E-state index contributed by atoms with van der Waals surface area (Å²) < 4.78 is 7.17.